The Hall–Kier alpha value is -2.10. The summed E-state index contributed by atoms with van der Waals surface area (Å²) in [5.41, 5.74) is 4.67. The number of carbonyl (C=O) groups excluding carboxylic acids is 1. The number of aliphatic carboxylic acids is 1. The van der Waals surface area contributed by atoms with Crippen LogP contribution in [0.2, 0.25) is 0 Å². The van der Waals surface area contributed by atoms with Crippen LogP contribution >= 0.6 is 0 Å². The van der Waals surface area contributed by atoms with E-state index < -0.39 is 5.97 Å². The van der Waals surface area contributed by atoms with E-state index in [1.54, 1.807) is 13.0 Å². The second kappa shape index (κ2) is 7.45. The standard InChI is InChI=1S/C30H40O4/c1-18(2)22-16-23-25-28(6)12-10-21(19(3)8-7-9-20(4)26(32)33)27(28,5)14-15-30(25)17-29(22,30)13-11-24(31)34-23/h9-10,22-23,25H,1,3,7-8,11-17H2,2,4-6H3,(H,32,33)/b20-9-/t22-,23+,25+,27-,28+,29-,30+/m1/s1. The van der Waals surface area contributed by atoms with Crippen LogP contribution in [0.3, 0.4) is 0 Å². The minimum Gasteiger partial charge on any atom is -0.478 e. The molecule has 0 aromatic heterocycles. The van der Waals surface area contributed by atoms with Crippen LogP contribution in [-0.2, 0) is 14.3 Å². The maximum atomic E-state index is 12.7. The first kappa shape index (κ1) is 23.6. The third kappa shape index (κ3) is 2.89. The monoisotopic (exact) mass is 464 g/mol. The molecule has 0 amide bonds. The second-order valence-corrected chi connectivity index (χ2v) is 12.5. The van der Waals surface area contributed by atoms with Crippen LogP contribution in [0, 0.1) is 33.5 Å². The zero-order valence-corrected chi connectivity index (χ0v) is 21.3. The topological polar surface area (TPSA) is 63.6 Å². The lowest BCUT2D eigenvalue weighted by atomic mass is 9.43. The van der Waals surface area contributed by atoms with Crippen molar-refractivity contribution in [2.45, 2.75) is 91.6 Å². The van der Waals surface area contributed by atoms with Gasteiger partial charge < -0.3 is 9.84 Å². The van der Waals surface area contributed by atoms with Crippen molar-refractivity contribution in [3.05, 3.63) is 47.6 Å². The molecule has 5 rings (SSSR count). The highest BCUT2D eigenvalue weighted by Gasteiger charge is 2.82. The van der Waals surface area contributed by atoms with Crippen LogP contribution in [0.1, 0.15) is 85.5 Å². The molecule has 184 valence electrons. The maximum Gasteiger partial charge on any atom is 0.330 e. The number of fused-ring (bicyclic) bond motifs is 5. The Morgan fingerprint density at radius 2 is 1.94 bits per heavy atom. The fourth-order valence-corrected chi connectivity index (χ4v) is 9.38. The van der Waals surface area contributed by atoms with Gasteiger partial charge in [0.15, 0.2) is 0 Å². The van der Waals surface area contributed by atoms with E-state index in [2.05, 4.69) is 40.0 Å². The van der Waals surface area contributed by atoms with Gasteiger partial charge in [0.25, 0.3) is 0 Å². The van der Waals surface area contributed by atoms with Crippen LogP contribution in [0.15, 0.2) is 47.6 Å². The zero-order chi connectivity index (χ0) is 24.7. The molecule has 1 aliphatic heterocycles. The first-order valence-electron chi connectivity index (χ1n) is 13.1. The molecule has 0 aromatic carbocycles. The van der Waals surface area contributed by atoms with Gasteiger partial charge in [-0.15, -0.1) is 0 Å². The highest BCUT2D eigenvalue weighted by molar-refractivity contribution is 5.85. The molecule has 3 saturated carbocycles. The van der Waals surface area contributed by atoms with E-state index in [-0.39, 0.29) is 33.7 Å². The quantitative estimate of drug-likeness (QED) is 0.267. The summed E-state index contributed by atoms with van der Waals surface area (Å²) in [4.78, 5) is 23.8. The Morgan fingerprint density at radius 3 is 2.62 bits per heavy atom. The van der Waals surface area contributed by atoms with Crippen molar-refractivity contribution in [2.75, 3.05) is 0 Å². The molecule has 34 heavy (non-hydrogen) atoms. The van der Waals surface area contributed by atoms with E-state index in [1.807, 2.05) is 0 Å². The molecule has 0 unspecified atom stereocenters. The van der Waals surface area contributed by atoms with Crippen molar-refractivity contribution in [1.29, 1.82) is 0 Å². The van der Waals surface area contributed by atoms with Crippen molar-refractivity contribution >= 4 is 11.9 Å². The van der Waals surface area contributed by atoms with Crippen molar-refractivity contribution in [3.63, 3.8) is 0 Å². The summed E-state index contributed by atoms with van der Waals surface area (Å²) in [6.45, 7) is 17.5. The lowest BCUT2D eigenvalue weighted by Gasteiger charge is -2.62. The first-order valence-corrected chi connectivity index (χ1v) is 13.1. The van der Waals surface area contributed by atoms with Gasteiger partial charge >= 0.3 is 11.9 Å². The number of carbonyl (C=O) groups is 2. The molecule has 5 aliphatic rings. The highest BCUT2D eigenvalue weighted by atomic mass is 16.5. The Bertz CT molecular complexity index is 1050. The minimum atomic E-state index is -0.858. The van der Waals surface area contributed by atoms with Gasteiger partial charge in [-0.05, 0) is 98.4 Å². The van der Waals surface area contributed by atoms with Crippen LogP contribution in [0.4, 0.5) is 0 Å². The van der Waals surface area contributed by atoms with E-state index in [1.165, 1.54) is 24.0 Å². The summed E-state index contributed by atoms with van der Waals surface area (Å²) >= 11 is 0. The molecule has 0 aromatic rings. The SMILES string of the molecule is C=C(CC/C=C(/C)C(=O)O)C1=CC[C@@]2(C)[C@@H]3[C@@H]4C[C@H](C(=C)C)[C@@]5(CCC(=O)O4)C[C@@]35CC[C@]12C. The van der Waals surface area contributed by atoms with Gasteiger partial charge in [0.1, 0.15) is 6.10 Å². The van der Waals surface area contributed by atoms with Crippen molar-refractivity contribution in [3.8, 4) is 0 Å². The smallest absolute Gasteiger partial charge is 0.330 e. The molecule has 1 saturated heterocycles. The van der Waals surface area contributed by atoms with E-state index in [9.17, 15) is 9.59 Å². The van der Waals surface area contributed by atoms with Gasteiger partial charge in [0.05, 0.1) is 0 Å². The highest BCUT2D eigenvalue weighted by Crippen LogP contribution is 2.87. The Labute approximate surface area is 204 Å². The molecule has 1 heterocycles. The Balaban J connectivity index is 1.45. The molecule has 4 aliphatic carbocycles. The second-order valence-electron chi connectivity index (χ2n) is 12.5. The minimum absolute atomic E-state index is 0.000197. The lowest BCUT2D eigenvalue weighted by Crippen LogP contribution is -2.59. The molecular weight excluding hydrogens is 424 g/mol. The van der Waals surface area contributed by atoms with E-state index in [4.69, 9.17) is 9.84 Å². The summed E-state index contributed by atoms with van der Waals surface area (Å²) in [7, 11) is 0. The number of esters is 1. The van der Waals surface area contributed by atoms with Gasteiger partial charge in [-0.1, -0.05) is 50.3 Å². The van der Waals surface area contributed by atoms with Crippen molar-refractivity contribution in [1.82, 2.24) is 0 Å². The molecule has 2 spiro atoms. The average molecular weight is 465 g/mol. The predicted molar refractivity (Wildman–Crippen MR) is 133 cm³/mol. The Kier molecular flexibility index (Phi) is 5.18. The van der Waals surface area contributed by atoms with Crippen LogP contribution < -0.4 is 0 Å². The Morgan fingerprint density at radius 1 is 1.21 bits per heavy atom. The van der Waals surface area contributed by atoms with E-state index in [0.29, 0.717) is 30.3 Å². The average Bonchev–Trinajstić information content (AvgIpc) is 3.32. The predicted octanol–water partition coefficient (Wildman–Crippen LogP) is 6.78. The van der Waals surface area contributed by atoms with Crippen LogP contribution in [0.25, 0.3) is 0 Å². The van der Waals surface area contributed by atoms with Crippen molar-refractivity contribution in [2.24, 2.45) is 33.5 Å². The molecule has 4 nitrogen and oxygen atoms in total. The molecule has 4 fully saturated rings. The summed E-state index contributed by atoms with van der Waals surface area (Å²) in [6.07, 6.45) is 12.6. The molecular formula is C30H40O4. The molecule has 7 atom stereocenters. The first-order chi connectivity index (χ1) is 15.9. The summed E-state index contributed by atoms with van der Waals surface area (Å²) in [6, 6.07) is 0. The van der Waals surface area contributed by atoms with Crippen LogP contribution in [0.5, 0.6) is 0 Å². The molecule has 0 radical (unpaired) electrons. The molecule has 2 bridgehead atoms. The third-order valence-corrected chi connectivity index (χ3v) is 11.2. The maximum absolute atomic E-state index is 12.7. The fourth-order valence-electron chi connectivity index (χ4n) is 9.38. The van der Waals surface area contributed by atoms with Crippen LogP contribution in [-0.4, -0.2) is 23.1 Å². The lowest BCUT2D eigenvalue weighted by molar-refractivity contribution is -0.192. The van der Waals surface area contributed by atoms with Gasteiger partial charge in [-0.3, -0.25) is 4.79 Å². The normalized spacial score (nSPS) is 44.6. The zero-order valence-electron chi connectivity index (χ0n) is 21.3. The largest absolute Gasteiger partial charge is 0.478 e. The third-order valence-electron chi connectivity index (χ3n) is 11.2. The van der Waals surface area contributed by atoms with Gasteiger partial charge in [-0.25, -0.2) is 4.79 Å². The summed E-state index contributed by atoms with van der Waals surface area (Å²) in [5, 5.41) is 9.15. The number of rotatable bonds is 6. The van der Waals surface area contributed by atoms with E-state index in [0.717, 1.165) is 37.7 Å². The summed E-state index contributed by atoms with van der Waals surface area (Å²) < 4.78 is 6.26. The number of ether oxygens (including phenoxy) is 1. The number of hydrogen-bond donors (Lipinski definition) is 1. The van der Waals surface area contributed by atoms with Gasteiger partial charge in [0.2, 0.25) is 0 Å². The number of carboxylic acid groups (broad SMARTS) is 1. The number of allylic oxidation sites excluding steroid dienone is 5. The molecule has 1 N–H and O–H groups in total. The summed E-state index contributed by atoms with van der Waals surface area (Å²) in [5.74, 6) is -0.0441. The van der Waals surface area contributed by atoms with E-state index >= 15 is 0 Å². The fraction of sp³-hybridized carbons (Fsp3) is 0.667. The number of hydrogen-bond acceptors (Lipinski definition) is 3. The number of carboxylic acids is 1. The van der Waals surface area contributed by atoms with Crippen molar-refractivity contribution < 1.29 is 19.4 Å². The van der Waals surface area contributed by atoms with Gasteiger partial charge in [0, 0.05) is 17.9 Å². The molecule has 4 heteroatoms. The van der Waals surface area contributed by atoms with Gasteiger partial charge in [-0.2, -0.15) is 0 Å².